The zero-order valence-corrected chi connectivity index (χ0v) is 19.2. The van der Waals surface area contributed by atoms with E-state index in [1.807, 2.05) is 0 Å². The van der Waals surface area contributed by atoms with E-state index in [4.69, 9.17) is 4.74 Å². The molecule has 1 N–H and O–H groups in total. The van der Waals surface area contributed by atoms with E-state index in [1.54, 1.807) is 43.3 Å². The Morgan fingerprint density at radius 3 is 2.26 bits per heavy atom. The molecule has 1 amide bonds. The maximum atomic E-state index is 13.4. The summed E-state index contributed by atoms with van der Waals surface area (Å²) in [6, 6.07) is 19.9. The molecule has 0 fully saturated rings. The van der Waals surface area contributed by atoms with Gasteiger partial charge in [0.25, 0.3) is 21.6 Å². The summed E-state index contributed by atoms with van der Waals surface area (Å²) < 4.78 is 33.0. The standard InChI is InChI=1S/C23H22N4O6S/c1-17(18-12-14-19(15-13-18)27(29)30)24-25-23(28)16-26(21-10-6-7-11-22(21)33-2)34(31,32)20-8-4-3-5-9-20/h3-15H,16H2,1-2H3,(H,25,28)/b24-17-. The fourth-order valence-corrected chi connectivity index (χ4v) is 4.51. The second-order valence-electron chi connectivity index (χ2n) is 7.03. The van der Waals surface area contributed by atoms with E-state index in [2.05, 4.69) is 10.5 Å². The number of methoxy groups -OCH3 is 1. The van der Waals surface area contributed by atoms with Crippen LogP contribution in [-0.2, 0) is 14.8 Å². The van der Waals surface area contributed by atoms with Crippen LogP contribution in [0.2, 0.25) is 0 Å². The Hall–Kier alpha value is -4.25. The molecule has 0 unspecified atom stereocenters. The summed E-state index contributed by atoms with van der Waals surface area (Å²) in [7, 11) is -2.70. The Balaban J connectivity index is 1.87. The van der Waals surface area contributed by atoms with Crippen molar-refractivity contribution in [1.29, 1.82) is 0 Å². The zero-order chi connectivity index (χ0) is 24.7. The molecule has 34 heavy (non-hydrogen) atoms. The first kappa shape index (κ1) is 24.4. The molecule has 0 aliphatic carbocycles. The molecule has 3 rings (SSSR count). The number of sulfonamides is 1. The molecule has 0 bridgehead atoms. The molecule has 0 saturated carbocycles. The lowest BCUT2D eigenvalue weighted by Gasteiger charge is -2.25. The number of nitrogens with one attached hydrogen (secondary N) is 1. The lowest BCUT2D eigenvalue weighted by atomic mass is 10.1. The summed E-state index contributed by atoms with van der Waals surface area (Å²) in [6.45, 7) is 1.05. The lowest BCUT2D eigenvalue weighted by molar-refractivity contribution is -0.384. The summed E-state index contributed by atoms with van der Waals surface area (Å²) in [5, 5.41) is 14.8. The number of nitro benzene ring substituents is 1. The van der Waals surface area contributed by atoms with Gasteiger partial charge < -0.3 is 4.74 Å². The summed E-state index contributed by atoms with van der Waals surface area (Å²) in [5.41, 5.74) is 3.42. The molecule has 10 nitrogen and oxygen atoms in total. The fourth-order valence-electron chi connectivity index (χ4n) is 3.06. The van der Waals surface area contributed by atoms with Crippen molar-refractivity contribution in [2.75, 3.05) is 18.0 Å². The number of nitrogens with zero attached hydrogens (tertiary/aromatic N) is 3. The van der Waals surface area contributed by atoms with Crippen molar-refractivity contribution in [1.82, 2.24) is 5.43 Å². The van der Waals surface area contributed by atoms with Crippen LogP contribution in [0.15, 0.2) is 88.9 Å². The van der Waals surface area contributed by atoms with Crippen molar-refractivity contribution in [2.45, 2.75) is 11.8 Å². The van der Waals surface area contributed by atoms with Crippen molar-refractivity contribution in [3.63, 3.8) is 0 Å². The van der Waals surface area contributed by atoms with E-state index >= 15 is 0 Å². The van der Waals surface area contributed by atoms with Crippen LogP contribution < -0.4 is 14.5 Å². The van der Waals surface area contributed by atoms with E-state index < -0.39 is 27.4 Å². The van der Waals surface area contributed by atoms with E-state index in [0.29, 0.717) is 11.3 Å². The summed E-state index contributed by atoms with van der Waals surface area (Å²) in [4.78, 5) is 23.0. The van der Waals surface area contributed by atoms with Crippen LogP contribution in [0.3, 0.4) is 0 Å². The van der Waals surface area contributed by atoms with Gasteiger partial charge in [-0.05, 0) is 48.9 Å². The number of hydrogen-bond donors (Lipinski definition) is 1. The van der Waals surface area contributed by atoms with Gasteiger partial charge in [-0.2, -0.15) is 5.10 Å². The topological polar surface area (TPSA) is 131 Å². The number of nitro groups is 1. The average Bonchev–Trinajstić information content (AvgIpc) is 2.86. The number of ether oxygens (including phenoxy) is 1. The fraction of sp³-hybridized carbons (Fsp3) is 0.130. The first-order valence-corrected chi connectivity index (χ1v) is 11.5. The number of amides is 1. The molecule has 0 aromatic heterocycles. The molecule has 0 radical (unpaired) electrons. The molecule has 0 spiro atoms. The van der Waals surface area contributed by atoms with Crippen LogP contribution in [0.4, 0.5) is 11.4 Å². The molecule has 11 heteroatoms. The van der Waals surface area contributed by atoms with E-state index in [-0.39, 0.29) is 22.0 Å². The Kier molecular flexibility index (Phi) is 7.59. The van der Waals surface area contributed by atoms with Gasteiger partial charge in [-0.3, -0.25) is 19.2 Å². The predicted octanol–water partition coefficient (Wildman–Crippen LogP) is 3.34. The number of para-hydroxylation sites is 2. The minimum Gasteiger partial charge on any atom is -0.495 e. The third-order valence-corrected chi connectivity index (χ3v) is 6.59. The molecular weight excluding hydrogens is 460 g/mol. The number of non-ortho nitro benzene ring substituents is 1. The van der Waals surface area contributed by atoms with Crippen molar-refractivity contribution in [3.8, 4) is 5.75 Å². The van der Waals surface area contributed by atoms with Gasteiger partial charge in [-0.25, -0.2) is 13.8 Å². The molecule has 3 aromatic rings. The third-order valence-electron chi connectivity index (χ3n) is 4.82. The highest BCUT2D eigenvalue weighted by Crippen LogP contribution is 2.32. The van der Waals surface area contributed by atoms with Gasteiger partial charge in [0.05, 0.1) is 28.3 Å². The van der Waals surface area contributed by atoms with Gasteiger partial charge in [-0.15, -0.1) is 0 Å². The van der Waals surface area contributed by atoms with Crippen LogP contribution in [0.5, 0.6) is 5.75 Å². The van der Waals surface area contributed by atoms with Crippen LogP contribution in [0.1, 0.15) is 12.5 Å². The highest BCUT2D eigenvalue weighted by Gasteiger charge is 2.29. The lowest BCUT2D eigenvalue weighted by Crippen LogP contribution is -2.40. The zero-order valence-electron chi connectivity index (χ0n) is 18.4. The summed E-state index contributed by atoms with van der Waals surface area (Å²) >= 11 is 0. The molecule has 0 aliphatic heterocycles. The number of benzene rings is 3. The number of anilines is 1. The van der Waals surface area contributed by atoms with Crippen molar-refractivity contribution >= 4 is 33.0 Å². The SMILES string of the molecule is COc1ccccc1N(CC(=O)N/N=C(/C)c1ccc([N+](=O)[O-])cc1)S(=O)(=O)c1ccccc1. The molecule has 3 aromatic carbocycles. The van der Waals surface area contributed by atoms with Crippen LogP contribution in [-0.4, -0.2) is 38.6 Å². The quantitative estimate of drug-likeness (QED) is 0.283. The van der Waals surface area contributed by atoms with Gasteiger partial charge in [-0.1, -0.05) is 30.3 Å². The van der Waals surface area contributed by atoms with Crippen LogP contribution >= 0.6 is 0 Å². The minimum atomic E-state index is -4.11. The van der Waals surface area contributed by atoms with Gasteiger partial charge >= 0.3 is 0 Å². The highest BCUT2D eigenvalue weighted by molar-refractivity contribution is 7.92. The maximum absolute atomic E-state index is 13.4. The Labute approximate surface area is 196 Å². The van der Waals surface area contributed by atoms with E-state index in [1.165, 1.54) is 49.6 Å². The van der Waals surface area contributed by atoms with Crippen molar-refractivity contribution < 1.29 is 22.9 Å². The number of hydrogen-bond acceptors (Lipinski definition) is 7. The van der Waals surface area contributed by atoms with Gasteiger partial charge in [0.1, 0.15) is 12.3 Å². The smallest absolute Gasteiger partial charge is 0.269 e. The second-order valence-corrected chi connectivity index (χ2v) is 8.90. The Morgan fingerprint density at radius 2 is 1.65 bits per heavy atom. The average molecular weight is 483 g/mol. The number of carbonyl (C=O) groups is 1. The highest BCUT2D eigenvalue weighted by atomic mass is 32.2. The van der Waals surface area contributed by atoms with Gasteiger partial charge in [0, 0.05) is 12.1 Å². The Bertz CT molecular complexity index is 1310. The normalized spacial score (nSPS) is 11.5. The number of rotatable bonds is 9. The number of hydrazone groups is 1. The van der Waals surface area contributed by atoms with Gasteiger partial charge in [0.2, 0.25) is 0 Å². The molecule has 0 aliphatic rings. The third kappa shape index (κ3) is 5.56. The molecular formula is C23H22N4O6S. The minimum absolute atomic E-state index is 0.0132. The van der Waals surface area contributed by atoms with Crippen LogP contribution in [0.25, 0.3) is 0 Å². The molecule has 0 heterocycles. The maximum Gasteiger partial charge on any atom is 0.269 e. The first-order valence-electron chi connectivity index (χ1n) is 10.0. The molecule has 0 saturated heterocycles. The number of carbonyl (C=O) groups excluding carboxylic acids is 1. The summed E-state index contributed by atoms with van der Waals surface area (Å²) in [5.74, 6) is -0.410. The predicted molar refractivity (Wildman–Crippen MR) is 127 cm³/mol. The van der Waals surface area contributed by atoms with Crippen molar-refractivity contribution in [2.24, 2.45) is 5.10 Å². The molecule has 0 atom stereocenters. The second kappa shape index (κ2) is 10.6. The molecule has 176 valence electrons. The van der Waals surface area contributed by atoms with Crippen LogP contribution in [0, 0.1) is 10.1 Å². The van der Waals surface area contributed by atoms with Gasteiger partial charge in [0.15, 0.2) is 0 Å². The van der Waals surface area contributed by atoms with E-state index in [9.17, 15) is 23.3 Å². The Morgan fingerprint density at radius 1 is 1.03 bits per heavy atom. The monoisotopic (exact) mass is 482 g/mol. The summed E-state index contributed by atoms with van der Waals surface area (Å²) in [6.07, 6.45) is 0. The van der Waals surface area contributed by atoms with Crippen molar-refractivity contribution in [3.05, 3.63) is 94.5 Å². The first-order chi connectivity index (χ1) is 16.2. The van der Waals surface area contributed by atoms with E-state index in [0.717, 1.165) is 4.31 Å². The largest absolute Gasteiger partial charge is 0.495 e.